The van der Waals surface area contributed by atoms with Crippen molar-refractivity contribution in [3.05, 3.63) is 0 Å². The van der Waals surface area contributed by atoms with Gasteiger partial charge < -0.3 is 19.6 Å². The Balaban J connectivity index is 2.63. The Morgan fingerprint density at radius 1 is 1.44 bits per heavy atom. The summed E-state index contributed by atoms with van der Waals surface area (Å²) in [4.78, 5) is 25.8. The molecule has 0 aliphatic carbocycles. The van der Waals surface area contributed by atoms with Gasteiger partial charge in [0.05, 0.1) is 31.7 Å². The number of hydrogen-bond acceptors (Lipinski definition) is 4. The zero-order chi connectivity index (χ0) is 13.7. The molecule has 0 bridgehead atoms. The van der Waals surface area contributed by atoms with Crippen molar-refractivity contribution in [2.24, 2.45) is 5.92 Å². The van der Waals surface area contributed by atoms with E-state index in [-0.39, 0.29) is 25.7 Å². The summed E-state index contributed by atoms with van der Waals surface area (Å²) in [6.07, 6.45) is 0.250. The second-order valence-electron chi connectivity index (χ2n) is 4.27. The zero-order valence-electron chi connectivity index (χ0n) is 10.5. The molecule has 7 nitrogen and oxygen atoms in total. The second kappa shape index (κ2) is 6.21. The molecule has 2 atom stereocenters. The number of amides is 2. The maximum Gasteiger partial charge on any atom is 0.319 e. The van der Waals surface area contributed by atoms with Crippen molar-refractivity contribution < 1.29 is 19.4 Å². The first kappa shape index (κ1) is 14.3. The molecule has 1 rings (SSSR count). The number of carbonyl (C=O) groups excluding carboxylic acids is 1. The largest absolute Gasteiger partial charge is 0.481 e. The van der Waals surface area contributed by atoms with E-state index in [9.17, 15) is 9.59 Å². The Labute approximate surface area is 106 Å². The number of aliphatic carboxylic acids is 1. The molecule has 0 saturated carbocycles. The first-order chi connectivity index (χ1) is 8.49. The van der Waals surface area contributed by atoms with Crippen molar-refractivity contribution in [2.75, 3.05) is 33.9 Å². The normalized spacial score (nSPS) is 22.3. The molecule has 1 aliphatic heterocycles. The van der Waals surface area contributed by atoms with E-state index in [1.807, 2.05) is 6.07 Å². The van der Waals surface area contributed by atoms with Gasteiger partial charge in [-0.3, -0.25) is 4.79 Å². The summed E-state index contributed by atoms with van der Waals surface area (Å²) < 4.78 is 5.12. The van der Waals surface area contributed by atoms with Crippen LogP contribution >= 0.6 is 0 Å². The number of ether oxygens (including phenoxy) is 1. The highest BCUT2D eigenvalue weighted by atomic mass is 16.5. The fourth-order valence-electron chi connectivity index (χ4n) is 1.89. The molecule has 0 aromatic heterocycles. The highest BCUT2D eigenvalue weighted by molar-refractivity contribution is 5.77. The van der Waals surface area contributed by atoms with Crippen molar-refractivity contribution >= 4 is 12.0 Å². The lowest BCUT2D eigenvalue weighted by atomic mass is 10.0. The average molecular weight is 255 g/mol. The average Bonchev–Trinajstić information content (AvgIpc) is 2.83. The number of carboxylic acids is 1. The van der Waals surface area contributed by atoms with Gasteiger partial charge in [-0.15, -0.1) is 0 Å². The lowest BCUT2D eigenvalue weighted by molar-refractivity contribution is -0.142. The van der Waals surface area contributed by atoms with E-state index in [1.54, 1.807) is 14.1 Å². The minimum Gasteiger partial charge on any atom is -0.481 e. The number of hydrogen-bond donors (Lipinski definition) is 1. The summed E-state index contributed by atoms with van der Waals surface area (Å²) in [7, 11) is 3.14. The molecular formula is C11H17N3O4. The molecule has 7 heteroatoms. The molecule has 0 spiro atoms. The van der Waals surface area contributed by atoms with Crippen molar-refractivity contribution in [1.29, 1.82) is 5.26 Å². The molecule has 1 aliphatic rings. The Kier molecular flexibility index (Phi) is 4.92. The first-order valence-corrected chi connectivity index (χ1v) is 5.64. The number of rotatable bonds is 4. The van der Waals surface area contributed by atoms with Gasteiger partial charge in [0.1, 0.15) is 5.92 Å². The Bertz CT molecular complexity index is 366. The van der Waals surface area contributed by atoms with Crippen LogP contribution in [-0.4, -0.2) is 66.8 Å². The summed E-state index contributed by atoms with van der Waals surface area (Å²) >= 11 is 0. The van der Waals surface area contributed by atoms with Gasteiger partial charge in [0.2, 0.25) is 0 Å². The predicted molar refractivity (Wildman–Crippen MR) is 61.8 cm³/mol. The highest BCUT2D eigenvalue weighted by Crippen LogP contribution is 2.19. The van der Waals surface area contributed by atoms with E-state index < -0.39 is 17.9 Å². The highest BCUT2D eigenvalue weighted by Gasteiger charge is 2.39. The molecule has 18 heavy (non-hydrogen) atoms. The quantitative estimate of drug-likeness (QED) is 0.762. The van der Waals surface area contributed by atoms with Gasteiger partial charge in [-0.05, 0) is 0 Å². The van der Waals surface area contributed by atoms with Crippen LogP contribution in [0.25, 0.3) is 0 Å². The number of likely N-dealkylation sites (N-methyl/N-ethyl adjacent to an activating group) is 1. The van der Waals surface area contributed by atoms with Gasteiger partial charge in [-0.1, -0.05) is 0 Å². The van der Waals surface area contributed by atoms with Crippen LogP contribution in [0.5, 0.6) is 0 Å². The topological polar surface area (TPSA) is 93.9 Å². The Hall–Kier alpha value is -1.81. The lowest BCUT2D eigenvalue weighted by Crippen LogP contribution is -2.49. The number of nitriles is 1. The first-order valence-electron chi connectivity index (χ1n) is 5.64. The fourth-order valence-corrected chi connectivity index (χ4v) is 1.89. The van der Waals surface area contributed by atoms with Crippen molar-refractivity contribution in [2.45, 2.75) is 12.5 Å². The minimum absolute atomic E-state index is 0.125. The van der Waals surface area contributed by atoms with E-state index in [2.05, 4.69) is 0 Å². The monoisotopic (exact) mass is 255 g/mol. The Morgan fingerprint density at radius 3 is 2.67 bits per heavy atom. The zero-order valence-corrected chi connectivity index (χ0v) is 10.5. The van der Waals surface area contributed by atoms with Crippen LogP contribution in [0.3, 0.4) is 0 Å². The third-order valence-electron chi connectivity index (χ3n) is 3.05. The van der Waals surface area contributed by atoms with E-state index in [0.717, 1.165) is 0 Å². The van der Waals surface area contributed by atoms with Gasteiger partial charge in [0.15, 0.2) is 0 Å². The van der Waals surface area contributed by atoms with Gasteiger partial charge in [0.25, 0.3) is 0 Å². The summed E-state index contributed by atoms with van der Waals surface area (Å²) in [5.41, 5.74) is 0. The van der Waals surface area contributed by atoms with Crippen molar-refractivity contribution in [3.8, 4) is 6.07 Å². The van der Waals surface area contributed by atoms with Crippen LogP contribution in [0.2, 0.25) is 0 Å². The number of urea groups is 1. The van der Waals surface area contributed by atoms with Crippen LogP contribution in [0.1, 0.15) is 6.42 Å². The summed E-state index contributed by atoms with van der Waals surface area (Å²) in [5, 5.41) is 17.5. The summed E-state index contributed by atoms with van der Waals surface area (Å²) in [5.74, 6) is -1.65. The molecule has 1 saturated heterocycles. The van der Waals surface area contributed by atoms with Crippen LogP contribution in [0.15, 0.2) is 0 Å². The van der Waals surface area contributed by atoms with Crippen LogP contribution in [0.4, 0.5) is 4.79 Å². The number of carboxylic acid groups (broad SMARTS) is 1. The van der Waals surface area contributed by atoms with E-state index >= 15 is 0 Å². The summed E-state index contributed by atoms with van der Waals surface area (Å²) in [6, 6.07) is 1.20. The molecule has 2 unspecified atom stereocenters. The SMILES string of the molecule is CN(CCC#N)C(=O)N(C)C1COCC1C(=O)O. The van der Waals surface area contributed by atoms with Crippen LogP contribution < -0.4 is 0 Å². The van der Waals surface area contributed by atoms with Crippen LogP contribution in [0, 0.1) is 17.2 Å². The minimum atomic E-state index is -0.961. The maximum absolute atomic E-state index is 12.0. The van der Waals surface area contributed by atoms with Gasteiger partial charge in [0, 0.05) is 20.6 Å². The standard InChI is InChI=1S/C11H17N3O4/c1-13(5-3-4-12)11(17)14(2)9-7-18-6-8(9)10(15)16/h8-9H,3,5-7H2,1-2H3,(H,15,16). The number of nitrogens with zero attached hydrogens (tertiary/aromatic N) is 3. The third-order valence-corrected chi connectivity index (χ3v) is 3.05. The van der Waals surface area contributed by atoms with E-state index in [1.165, 1.54) is 9.80 Å². The molecule has 1 fully saturated rings. The smallest absolute Gasteiger partial charge is 0.319 e. The van der Waals surface area contributed by atoms with Gasteiger partial charge in [-0.25, -0.2) is 4.79 Å². The van der Waals surface area contributed by atoms with E-state index in [4.69, 9.17) is 15.1 Å². The molecule has 1 N–H and O–H groups in total. The van der Waals surface area contributed by atoms with Crippen molar-refractivity contribution in [3.63, 3.8) is 0 Å². The van der Waals surface area contributed by atoms with Crippen molar-refractivity contribution in [1.82, 2.24) is 9.80 Å². The number of carbonyl (C=O) groups is 2. The fraction of sp³-hybridized carbons (Fsp3) is 0.727. The molecule has 0 aromatic carbocycles. The molecule has 2 amide bonds. The predicted octanol–water partition coefficient (Wildman–Crippen LogP) is -0.0167. The lowest BCUT2D eigenvalue weighted by Gasteiger charge is -2.30. The summed E-state index contributed by atoms with van der Waals surface area (Å²) in [6.45, 7) is 0.676. The molecule has 100 valence electrons. The van der Waals surface area contributed by atoms with Gasteiger partial charge in [-0.2, -0.15) is 5.26 Å². The van der Waals surface area contributed by atoms with Crippen LogP contribution in [-0.2, 0) is 9.53 Å². The third kappa shape index (κ3) is 3.11. The molecule has 1 heterocycles. The molecule has 0 aromatic rings. The van der Waals surface area contributed by atoms with Gasteiger partial charge >= 0.3 is 12.0 Å². The molecule has 0 radical (unpaired) electrons. The van der Waals surface area contributed by atoms with E-state index in [0.29, 0.717) is 6.54 Å². The maximum atomic E-state index is 12.0. The Morgan fingerprint density at radius 2 is 2.11 bits per heavy atom. The molecular weight excluding hydrogens is 238 g/mol. The second-order valence-corrected chi connectivity index (χ2v) is 4.27.